The normalized spacial score (nSPS) is 14.0. The molecule has 1 heterocycles. The minimum Gasteiger partial charge on any atom is -0.318 e. The molecular weight excluding hydrogens is 237 g/mol. The lowest BCUT2D eigenvalue weighted by Gasteiger charge is -2.04. The monoisotopic (exact) mass is 243 g/mol. The van der Waals surface area contributed by atoms with Crippen molar-refractivity contribution >= 4 is 40.6 Å². The predicted octanol–water partition coefficient (Wildman–Crippen LogP) is 2.26. The zero-order valence-corrected chi connectivity index (χ0v) is 9.15. The lowest BCUT2D eigenvalue weighted by Crippen LogP contribution is -2.12. The van der Waals surface area contributed by atoms with Crippen LogP contribution >= 0.6 is 23.2 Å². The van der Waals surface area contributed by atoms with E-state index >= 15 is 0 Å². The Morgan fingerprint density at radius 2 is 2.00 bits per heavy atom. The molecule has 0 fully saturated rings. The summed E-state index contributed by atoms with van der Waals surface area (Å²) in [7, 11) is 0. The van der Waals surface area contributed by atoms with Crippen molar-refractivity contribution in [3.63, 3.8) is 0 Å². The Balaban J connectivity index is 2.50. The largest absolute Gasteiger partial charge is 0.318 e. The van der Waals surface area contributed by atoms with Gasteiger partial charge in [0.15, 0.2) is 0 Å². The average Bonchev–Trinajstić information content (AvgIpc) is 2.45. The first kappa shape index (κ1) is 10.5. The van der Waals surface area contributed by atoms with Gasteiger partial charge in [-0.1, -0.05) is 11.6 Å². The second-order valence-electron chi connectivity index (χ2n) is 3.21. The highest BCUT2D eigenvalue weighted by Gasteiger charge is 2.28. The molecule has 0 atom stereocenters. The number of hydrogen-bond donors (Lipinski definition) is 1. The van der Waals surface area contributed by atoms with Gasteiger partial charge in [-0.05, 0) is 24.1 Å². The Hall–Kier alpha value is -1.06. The van der Waals surface area contributed by atoms with Crippen molar-refractivity contribution in [2.75, 3.05) is 11.2 Å². The van der Waals surface area contributed by atoms with Crippen molar-refractivity contribution in [3.05, 3.63) is 28.3 Å². The Morgan fingerprint density at radius 3 is 2.67 bits per heavy atom. The molecule has 5 heteroatoms. The summed E-state index contributed by atoms with van der Waals surface area (Å²) >= 11 is 11.6. The van der Waals surface area contributed by atoms with E-state index in [1.807, 2.05) is 0 Å². The fraction of sp³-hybridized carbons (Fsp3) is 0.200. The summed E-state index contributed by atoms with van der Waals surface area (Å²) in [6.45, 7) is 0. The summed E-state index contributed by atoms with van der Waals surface area (Å²) in [4.78, 5) is 22.5. The lowest BCUT2D eigenvalue weighted by atomic mass is 10.1. The van der Waals surface area contributed by atoms with Gasteiger partial charge >= 0.3 is 0 Å². The van der Waals surface area contributed by atoms with Crippen molar-refractivity contribution in [3.8, 4) is 0 Å². The highest BCUT2D eigenvalue weighted by Crippen LogP contribution is 2.30. The van der Waals surface area contributed by atoms with Crippen molar-refractivity contribution < 1.29 is 9.59 Å². The van der Waals surface area contributed by atoms with Crippen molar-refractivity contribution in [1.82, 2.24) is 0 Å². The number of amides is 1. The maximum absolute atomic E-state index is 11.4. The number of anilines is 1. The molecule has 0 radical (unpaired) electrons. The fourth-order valence-electron chi connectivity index (χ4n) is 1.50. The molecule has 0 saturated heterocycles. The van der Waals surface area contributed by atoms with Crippen LogP contribution in [0, 0.1) is 0 Å². The van der Waals surface area contributed by atoms with E-state index in [0.717, 1.165) is 5.56 Å². The Labute approximate surface area is 96.4 Å². The highest BCUT2D eigenvalue weighted by atomic mass is 35.5. The van der Waals surface area contributed by atoms with Crippen molar-refractivity contribution in [2.24, 2.45) is 0 Å². The van der Waals surface area contributed by atoms with Gasteiger partial charge in [-0.25, -0.2) is 0 Å². The molecule has 78 valence electrons. The molecule has 1 aromatic carbocycles. The third kappa shape index (κ3) is 1.73. The summed E-state index contributed by atoms with van der Waals surface area (Å²) in [5.41, 5.74) is 1.65. The Morgan fingerprint density at radius 1 is 1.27 bits per heavy atom. The highest BCUT2D eigenvalue weighted by molar-refractivity contribution is 6.52. The third-order valence-electron chi connectivity index (χ3n) is 2.25. The molecule has 1 aliphatic heterocycles. The van der Waals surface area contributed by atoms with Crippen LogP contribution in [-0.4, -0.2) is 17.6 Å². The lowest BCUT2D eigenvalue weighted by molar-refractivity contribution is -0.112. The van der Waals surface area contributed by atoms with Crippen LogP contribution in [0.2, 0.25) is 5.02 Å². The molecule has 1 amide bonds. The average molecular weight is 244 g/mol. The maximum atomic E-state index is 11.4. The molecule has 0 saturated carbocycles. The van der Waals surface area contributed by atoms with Crippen LogP contribution in [0.4, 0.5) is 5.69 Å². The van der Waals surface area contributed by atoms with E-state index in [9.17, 15) is 9.59 Å². The first-order chi connectivity index (χ1) is 7.13. The number of aryl methyl sites for hydroxylation is 1. The summed E-state index contributed by atoms with van der Waals surface area (Å²) in [6, 6.07) is 3.21. The van der Waals surface area contributed by atoms with Gasteiger partial charge in [0.25, 0.3) is 11.7 Å². The summed E-state index contributed by atoms with van der Waals surface area (Å²) in [5.74, 6) is -0.699. The number of carbonyl (C=O) groups is 2. The summed E-state index contributed by atoms with van der Waals surface area (Å²) in [6.07, 6.45) is 0.579. The minimum atomic E-state index is -0.607. The molecule has 2 rings (SSSR count). The van der Waals surface area contributed by atoms with Gasteiger partial charge < -0.3 is 5.32 Å². The van der Waals surface area contributed by atoms with Gasteiger partial charge in [-0.15, -0.1) is 11.6 Å². The van der Waals surface area contributed by atoms with Crippen LogP contribution in [0.25, 0.3) is 0 Å². The quantitative estimate of drug-likeness (QED) is 0.640. The van der Waals surface area contributed by atoms with Gasteiger partial charge in [0, 0.05) is 10.9 Å². The number of halogens is 2. The van der Waals surface area contributed by atoms with E-state index in [2.05, 4.69) is 5.32 Å². The van der Waals surface area contributed by atoms with Crippen molar-refractivity contribution in [1.29, 1.82) is 0 Å². The Bertz CT molecular complexity index is 457. The van der Waals surface area contributed by atoms with Crippen LogP contribution in [-0.2, 0) is 11.2 Å². The van der Waals surface area contributed by atoms with Crippen LogP contribution in [0.3, 0.4) is 0 Å². The second kappa shape index (κ2) is 3.83. The van der Waals surface area contributed by atoms with E-state index in [0.29, 0.717) is 28.6 Å². The Kier molecular flexibility index (Phi) is 2.67. The number of alkyl halides is 1. The van der Waals surface area contributed by atoms with Gasteiger partial charge in [0.05, 0.1) is 11.3 Å². The van der Waals surface area contributed by atoms with E-state index in [1.54, 1.807) is 12.1 Å². The predicted molar refractivity (Wildman–Crippen MR) is 58.8 cm³/mol. The summed E-state index contributed by atoms with van der Waals surface area (Å²) in [5, 5.41) is 2.97. The van der Waals surface area contributed by atoms with Crippen molar-refractivity contribution in [2.45, 2.75) is 6.42 Å². The third-order valence-corrected chi connectivity index (χ3v) is 2.79. The van der Waals surface area contributed by atoms with Gasteiger partial charge in [0.2, 0.25) is 0 Å². The van der Waals surface area contributed by atoms with Crippen LogP contribution in [0.1, 0.15) is 15.9 Å². The molecule has 1 aromatic rings. The summed E-state index contributed by atoms with van der Waals surface area (Å²) < 4.78 is 0. The number of hydrogen-bond acceptors (Lipinski definition) is 2. The standard InChI is InChI=1S/C10H7Cl2NO2/c11-2-1-5-3-6-8(4-7(5)12)13-10(15)9(6)14/h3-4H,1-2H2,(H,13,14,15). The first-order valence-electron chi connectivity index (χ1n) is 4.37. The number of Topliss-reactive ketones (excluding diaryl/α,β-unsaturated/α-hetero) is 1. The van der Waals surface area contributed by atoms with Crippen LogP contribution < -0.4 is 5.32 Å². The zero-order chi connectivity index (χ0) is 11.0. The topological polar surface area (TPSA) is 46.2 Å². The van der Waals surface area contributed by atoms with Crippen LogP contribution in [0.5, 0.6) is 0 Å². The number of ketones is 1. The number of nitrogens with one attached hydrogen (secondary N) is 1. The number of benzene rings is 1. The molecule has 0 unspecified atom stereocenters. The SMILES string of the molecule is O=C1Nc2cc(Cl)c(CCCl)cc2C1=O. The fourth-order valence-corrected chi connectivity index (χ4v) is 1.97. The van der Waals surface area contributed by atoms with Crippen LogP contribution in [0.15, 0.2) is 12.1 Å². The molecular formula is C10H7Cl2NO2. The van der Waals surface area contributed by atoms with Gasteiger partial charge in [0.1, 0.15) is 0 Å². The molecule has 1 N–H and O–H groups in total. The van der Waals surface area contributed by atoms with Gasteiger partial charge in [-0.2, -0.15) is 0 Å². The molecule has 1 aliphatic rings. The van der Waals surface area contributed by atoms with E-state index < -0.39 is 11.7 Å². The second-order valence-corrected chi connectivity index (χ2v) is 4.00. The molecule has 0 spiro atoms. The van der Waals surface area contributed by atoms with E-state index in [1.165, 1.54) is 0 Å². The molecule has 3 nitrogen and oxygen atoms in total. The molecule has 15 heavy (non-hydrogen) atoms. The molecule has 0 aromatic heterocycles. The minimum absolute atomic E-state index is 0.379. The van der Waals surface area contributed by atoms with Gasteiger partial charge in [-0.3, -0.25) is 9.59 Å². The number of carbonyl (C=O) groups excluding carboxylic acids is 2. The van der Waals surface area contributed by atoms with E-state index in [4.69, 9.17) is 23.2 Å². The molecule has 0 aliphatic carbocycles. The number of rotatable bonds is 2. The molecule has 0 bridgehead atoms. The van der Waals surface area contributed by atoms with E-state index in [-0.39, 0.29) is 0 Å². The maximum Gasteiger partial charge on any atom is 0.296 e. The zero-order valence-electron chi connectivity index (χ0n) is 7.64. The number of fused-ring (bicyclic) bond motifs is 1. The first-order valence-corrected chi connectivity index (χ1v) is 5.29. The smallest absolute Gasteiger partial charge is 0.296 e.